The van der Waals surface area contributed by atoms with Crippen LogP contribution in [0.1, 0.15) is 7.79 Å². The molecule has 0 aromatic carbocycles. The van der Waals surface area contributed by atoms with Gasteiger partial charge >= 0.3 is 5.97 Å². The predicted octanol–water partition coefficient (Wildman–Crippen LogP) is 0.447. The normalized spacial score (nSPS) is 22.3. The number of ether oxygens (including phenoxy) is 1. The maximum absolute atomic E-state index is 10.1. The molecule has 6 heavy (non-hydrogen) atoms. The molecule has 0 saturated carbocycles. The molecule has 0 bridgehead atoms. The number of hydrogen-bond acceptors (Lipinski definition) is 2. The SMILES string of the molecule is [2H]C1=COC(=O)C1. The molecule has 1 rings (SSSR count). The lowest BCUT2D eigenvalue weighted by Gasteiger charge is -1.78. The third-order valence-corrected chi connectivity index (χ3v) is 0.520. The highest BCUT2D eigenvalue weighted by Gasteiger charge is 2.00. The van der Waals surface area contributed by atoms with E-state index in [4.69, 9.17) is 1.37 Å². The first-order chi connectivity index (χ1) is 3.29. The topological polar surface area (TPSA) is 26.3 Å². The summed E-state index contributed by atoms with van der Waals surface area (Å²) >= 11 is 0. The van der Waals surface area contributed by atoms with E-state index in [0.717, 1.165) is 6.26 Å². The fourth-order valence-electron chi connectivity index (χ4n) is 0.274. The number of hydrogen-bond donors (Lipinski definition) is 0. The predicted molar refractivity (Wildman–Crippen MR) is 19.8 cm³/mol. The Hall–Kier alpha value is -0.790. The zero-order chi connectivity index (χ0) is 5.28. The molecule has 0 fully saturated rings. The third kappa shape index (κ3) is 0.407. The van der Waals surface area contributed by atoms with Gasteiger partial charge in [0, 0.05) is 0 Å². The van der Waals surface area contributed by atoms with Gasteiger partial charge in [-0.2, -0.15) is 0 Å². The molecule has 0 N–H and O–H groups in total. The summed E-state index contributed by atoms with van der Waals surface area (Å²) in [6.45, 7) is 0. The van der Waals surface area contributed by atoms with Crippen LogP contribution in [0.15, 0.2) is 12.3 Å². The highest BCUT2D eigenvalue weighted by Crippen LogP contribution is 1.96. The highest BCUT2D eigenvalue weighted by atomic mass is 16.5. The smallest absolute Gasteiger partial charge is 0.314 e. The van der Waals surface area contributed by atoms with Gasteiger partial charge in [0.05, 0.1) is 14.1 Å². The molecule has 0 aromatic heterocycles. The Labute approximate surface area is 36.8 Å². The molecule has 0 spiro atoms. The molecule has 1 aliphatic heterocycles. The van der Waals surface area contributed by atoms with Crippen LogP contribution in [0.3, 0.4) is 0 Å². The monoisotopic (exact) mass is 85.0 g/mol. The molecule has 0 aromatic rings. The molecule has 1 aliphatic rings. The van der Waals surface area contributed by atoms with Crippen molar-refractivity contribution in [3.05, 3.63) is 12.3 Å². The third-order valence-electron chi connectivity index (χ3n) is 0.520. The molecule has 0 amide bonds. The largest absolute Gasteiger partial charge is 0.435 e. The van der Waals surface area contributed by atoms with Crippen molar-refractivity contribution in [2.24, 2.45) is 0 Å². The molecule has 1 heterocycles. The van der Waals surface area contributed by atoms with Crippen LogP contribution >= 0.6 is 0 Å². The van der Waals surface area contributed by atoms with Gasteiger partial charge < -0.3 is 4.74 Å². The van der Waals surface area contributed by atoms with E-state index < -0.39 is 0 Å². The van der Waals surface area contributed by atoms with Crippen LogP contribution in [0.5, 0.6) is 0 Å². The molecule has 2 heteroatoms. The first-order valence-electron chi connectivity index (χ1n) is 2.14. The summed E-state index contributed by atoms with van der Waals surface area (Å²) in [5.41, 5.74) is 0. The summed E-state index contributed by atoms with van der Waals surface area (Å²) in [5, 5.41) is 0. The zero-order valence-corrected chi connectivity index (χ0v) is 3.10. The van der Waals surface area contributed by atoms with Gasteiger partial charge in [0.25, 0.3) is 0 Å². The van der Waals surface area contributed by atoms with Gasteiger partial charge in [-0.05, 0) is 6.05 Å². The number of esters is 1. The molecule has 0 unspecified atom stereocenters. The summed E-state index contributed by atoms with van der Waals surface area (Å²) in [5.74, 6) is -0.329. The minimum Gasteiger partial charge on any atom is -0.435 e. The van der Waals surface area contributed by atoms with E-state index in [0.29, 0.717) is 0 Å². The van der Waals surface area contributed by atoms with Crippen LogP contribution in [0.4, 0.5) is 0 Å². The quantitative estimate of drug-likeness (QED) is 0.399. The summed E-state index contributed by atoms with van der Waals surface area (Å²) < 4.78 is 11.1. The first-order valence-corrected chi connectivity index (χ1v) is 1.64. The van der Waals surface area contributed by atoms with Gasteiger partial charge in [0.1, 0.15) is 0 Å². The summed E-state index contributed by atoms with van der Waals surface area (Å²) in [6, 6.07) is 0.255. The number of carbonyl (C=O) groups excluding carboxylic acids is 1. The van der Waals surface area contributed by atoms with Crippen molar-refractivity contribution in [3.63, 3.8) is 0 Å². The Morgan fingerprint density at radius 1 is 2.17 bits per heavy atom. The van der Waals surface area contributed by atoms with Gasteiger partial charge in [-0.1, -0.05) is 0 Å². The molecular formula is C4H4O2. The van der Waals surface area contributed by atoms with Crippen LogP contribution in [-0.4, -0.2) is 5.97 Å². The van der Waals surface area contributed by atoms with Crippen LogP contribution in [0, 0.1) is 0 Å². The second-order valence-corrected chi connectivity index (χ2v) is 0.989. The Kier molecular flexibility index (Phi) is 0.449. The van der Waals surface area contributed by atoms with Gasteiger partial charge in [0.15, 0.2) is 0 Å². The Morgan fingerprint density at radius 2 is 3.00 bits per heavy atom. The lowest BCUT2D eigenvalue weighted by molar-refractivity contribution is -0.135. The Balaban J connectivity index is 2.58. The van der Waals surface area contributed by atoms with Gasteiger partial charge in [-0.3, -0.25) is 4.79 Å². The molecule has 0 aliphatic carbocycles. The second kappa shape index (κ2) is 1.12. The van der Waals surface area contributed by atoms with E-state index in [1.165, 1.54) is 0 Å². The van der Waals surface area contributed by atoms with Gasteiger partial charge in [-0.25, -0.2) is 0 Å². The van der Waals surface area contributed by atoms with E-state index in [1.807, 2.05) is 0 Å². The average molecular weight is 85.1 g/mol. The van der Waals surface area contributed by atoms with E-state index in [9.17, 15) is 4.79 Å². The standard InChI is InChI=1S/C4H4O2/c5-4-2-1-3-6-4/h1,3H,2H2/i1D. The molecule has 0 radical (unpaired) electrons. The van der Waals surface area contributed by atoms with Crippen molar-refractivity contribution >= 4 is 5.97 Å². The van der Waals surface area contributed by atoms with Crippen LogP contribution in [0.2, 0.25) is 0 Å². The van der Waals surface area contributed by atoms with Crippen molar-refractivity contribution in [1.29, 1.82) is 0 Å². The maximum Gasteiger partial charge on any atom is 0.314 e. The van der Waals surface area contributed by atoms with Crippen molar-refractivity contribution in [1.82, 2.24) is 0 Å². The van der Waals surface area contributed by atoms with Gasteiger partial charge in [-0.15, -0.1) is 0 Å². The van der Waals surface area contributed by atoms with E-state index in [1.54, 1.807) is 0 Å². The van der Waals surface area contributed by atoms with Crippen LogP contribution < -0.4 is 0 Å². The van der Waals surface area contributed by atoms with Crippen molar-refractivity contribution < 1.29 is 10.9 Å². The van der Waals surface area contributed by atoms with E-state index in [-0.39, 0.29) is 18.4 Å². The molecule has 32 valence electrons. The molecule has 2 nitrogen and oxygen atoms in total. The van der Waals surface area contributed by atoms with Crippen LogP contribution in [0.25, 0.3) is 0 Å². The van der Waals surface area contributed by atoms with Gasteiger partial charge in [0.2, 0.25) is 0 Å². The Bertz CT molecular complexity index is 128. The van der Waals surface area contributed by atoms with Crippen molar-refractivity contribution in [3.8, 4) is 0 Å². The molecule has 0 saturated heterocycles. The van der Waals surface area contributed by atoms with Crippen LogP contribution in [-0.2, 0) is 9.53 Å². The minimum atomic E-state index is -0.329. The fraction of sp³-hybridized carbons (Fsp3) is 0.250. The summed E-state index contributed by atoms with van der Waals surface area (Å²) in [6.07, 6.45) is 1.29. The molecular weight excluding hydrogens is 80.0 g/mol. The molecule has 0 atom stereocenters. The highest BCUT2D eigenvalue weighted by molar-refractivity contribution is 5.73. The number of cyclic esters (lactones) is 1. The average Bonchev–Trinajstić information content (AvgIpc) is 1.87. The van der Waals surface area contributed by atoms with Crippen molar-refractivity contribution in [2.45, 2.75) is 6.42 Å². The number of carbonyl (C=O) groups is 1. The second-order valence-electron chi connectivity index (χ2n) is 0.989. The zero-order valence-electron chi connectivity index (χ0n) is 4.10. The summed E-state index contributed by atoms with van der Waals surface area (Å²) in [4.78, 5) is 10.1. The summed E-state index contributed by atoms with van der Waals surface area (Å²) in [7, 11) is 0. The number of rotatable bonds is 0. The lowest BCUT2D eigenvalue weighted by atomic mass is 10.5. The fourth-order valence-corrected chi connectivity index (χ4v) is 0.274. The lowest BCUT2D eigenvalue weighted by Crippen LogP contribution is -1.87. The van der Waals surface area contributed by atoms with E-state index in [2.05, 4.69) is 4.74 Å². The first kappa shape index (κ1) is 2.39. The maximum atomic E-state index is 10.1. The minimum absolute atomic E-state index is 0.139. The van der Waals surface area contributed by atoms with Crippen molar-refractivity contribution in [2.75, 3.05) is 0 Å². The Morgan fingerprint density at radius 3 is 3.17 bits per heavy atom. The van der Waals surface area contributed by atoms with E-state index >= 15 is 0 Å².